The van der Waals surface area contributed by atoms with Gasteiger partial charge in [-0.2, -0.15) is 0 Å². The average molecular weight is 385 g/mol. The minimum atomic E-state index is -0.171. The van der Waals surface area contributed by atoms with E-state index in [0.717, 1.165) is 44.3 Å². The van der Waals surface area contributed by atoms with Crippen LogP contribution in [0.15, 0.2) is 36.7 Å². The number of nitrogens with zero attached hydrogens (tertiary/aromatic N) is 3. The van der Waals surface area contributed by atoms with E-state index in [9.17, 15) is 4.79 Å². The van der Waals surface area contributed by atoms with E-state index in [1.807, 2.05) is 38.1 Å². The Morgan fingerprint density at radius 2 is 1.86 bits per heavy atom. The van der Waals surface area contributed by atoms with Gasteiger partial charge < -0.3 is 20.1 Å². The first-order valence-corrected chi connectivity index (χ1v) is 9.54. The maximum absolute atomic E-state index is 12.2. The number of carbonyl (C=O) groups is 1. The lowest BCUT2D eigenvalue weighted by molar-refractivity contribution is 0.0383. The molecule has 0 unspecified atom stereocenters. The SMILES string of the molecule is CC(C)Oc1ccc(Nc2ncc(C(=O)NCCN3CCOCC3)cn2)cc1. The molecule has 0 aliphatic carbocycles. The van der Waals surface area contributed by atoms with Crippen molar-refractivity contribution >= 4 is 17.5 Å². The maximum atomic E-state index is 12.2. The van der Waals surface area contributed by atoms with Gasteiger partial charge in [0, 0.05) is 44.3 Å². The van der Waals surface area contributed by atoms with Crippen molar-refractivity contribution in [2.75, 3.05) is 44.7 Å². The number of hydrogen-bond donors (Lipinski definition) is 2. The van der Waals surface area contributed by atoms with Crippen molar-refractivity contribution in [2.24, 2.45) is 0 Å². The Bertz CT molecular complexity index is 743. The molecular weight excluding hydrogens is 358 g/mol. The summed E-state index contributed by atoms with van der Waals surface area (Å²) in [4.78, 5) is 22.9. The van der Waals surface area contributed by atoms with Gasteiger partial charge in [-0.15, -0.1) is 0 Å². The fraction of sp³-hybridized carbons (Fsp3) is 0.450. The highest BCUT2D eigenvalue weighted by molar-refractivity contribution is 5.93. The topological polar surface area (TPSA) is 88.6 Å². The summed E-state index contributed by atoms with van der Waals surface area (Å²) in [5.74, 6) is 1.07. The second-order valence-corrected chi connectivity index (χ2v) is 6.82. The Hall–Kier alpha value is -2.71. The molecule has 1 amide bonds. The molecule has 28 heavy (non-hydrogen) atoms. The molecule has 2 aromatic rings. The lowest BCUT2D eigenvalue weighted by atomic mass is 10.3. The molecule has 2 N–H and O–H groups in total. The fourth-order valence-corrected chi connectivity index (χ4v) is 2.78. The van der Waals surface area contributed by atoms with E-state index in [-0.39, 0.29) is 12.0 Å². The molecule has 0 spiro atoms. The van der Waals surface area contributed by atoms with Gasteiger partial charge in [0.05, 0.1) is 24.9 Å². The smallest absolute Gasteiger partial charge is 0.254 e. The number of benzene rings is 1. The van der Waals surface area contributed by atoms with Crippen molar-refractivity contribution in [3.63, 3.8) is 0 Å². The summed E-state index contributed by atoms with van der Waals surface area (Å²) in [5, 5.41) is 6.01. The number of ether oxygens (including phenoxy) is 2. The number of anilines is 2. The zero-order chi connectivity index (χ0) is 19.8. The van der Waals surface area contributed by atoms with Crippen molar-refractivity contribution < 1.29 is 14.3 Å². The number of aromatic nitrogens is 2. The molecule has 0 bridgehead atoms. The van der Waals surface area contributed by atoms with Crippen LogP contribution < -0.4 is 15.4 Å². The Morgan fingerprint density at radius 3 is 2.50 bits per heavy atom. The van der Waals surface area contributed by atoms with Crippen LogP contribution in [0.4, 0.5) is 11.6 Å². The highest BCUT2D eigenvalue weighted by Gasteiger charge is 2.11. The first kappa shape index (κ1) is 20.0. The van der Waals surface area contributed by atoms with Crippen LogP contribution in [0.5, 0.6) is 5.75 Å². The van der Waals surface area contributed by atoms with Crippen molar-refractivity contribution in [1.29, 1.82) is 0 Å². The molecule has 8 nitrogen and oxygen atoms in total. The predicted octanol–water partition coefficient (Wildman–Crippen LogP) is 2.07. The summed E-state index contributed by atoms with van der Waals surface area (Å²) < 4.78 is 10.9. The predicted molar refractivity (Wildman–Crippen MR) is 107 cm³/mol. The first-order chi connectivity index (χ1) is 13.6. The van der Waals surface area contributed by atoms with E-state index >= 15 is 0 Å². The van der Waals surface area contributed by atoms with Gasteiger partial charge in [0.2, 0.25) is 5.95 Å². The van der Waals surface area contributed by atoms with Gasteiger partial charge >= 0.3 is 0 Å². The molecule has 1 aliphatic rings. The van der Waals surface area contributed by atoms with E-state index < -0.39 is 0 Å². The molecule has 1 aromatic heterocycles. The van der Waals surface area contributed by atoms with Gasteiger partial charge in [-0.3, -0.25) is 9.69 Å². The Balaban J connectivity index is 1.46. The monoisotopic (exact) mass is 385 g/mol. The highest BCUT2D eigenvalue weighted by Crippen LogP contribution is 2.19. The summed E-state index contributed by atoms with van der Waals surface area (Å²) in [6.45, 7) is 8.69. The molecule has 150 valence electrons. The lowest BCUT2D eigenvalue weighted by Gasteiger charge is -2.26. The minimum absolute atomic E-state index is 0.134. The van der Waals surface area contributed by atoms with E-state index in [1.54, 1.807) is 0 Å². The number of rotatable bonds is 8. The fourth-order valence-electron chi connectivity index (χ4n) is 2.78. The largest absolute Gasteiger partial charge is 0.491 e. The second-order valence-electron chi connectivity index (χ2n) is 6.82. The van der Waals surface area contributed by atoms with Crippen LogP contribution in [-0.4, -0.2) is 66.3 Å². The van der Waals surface area contributed by atoms with Crippen LogP contribution in [0.3, 0.4) is 0 Å². The van der Waals surface area contributed by atoms with Crippen molar-refractivity contribution in [3.05, 3.63) is 42.2 Å². The van der Waals surface area contributed by atoms with E-state index in [2.05, 4.69) is 25.5 Å². The average Bonchev–Trinajstić information content (AvgIpc) is 2.70. The molecule has 3 rings (SSSR count). The third-order valence-corrected chi connectivity index (χ3v) is 4.21. The molecule has 1 fully saturated rings. The summed E-state index contributed by atoms with van der Waals surface area (Å²) in [7, 11) is 0. The molecule has 0 saturated carbocycles. The molecule has 1 saturated heterocycles. The Labute approximate surface area is 165 Å². The first-order valence-electron chi connectivity index (χ1n) is 9.54. The second kappa shape index (κ2) is 10.0. The summed E-state index contributed by atoms with van der Waals surface area (Å²) >= 11 is 0. The summed E-state index contributed by atoms with van der Waals surface area (Å²) in [6.07, 6.45) is 3.18. The van der Waals surface area contributed by atoms with Crippen LogP contribution in [0, 0.1) is 0 Å². The molecule has 1 aliphatic heterocycles. The number of amides is 1. The van der Waals surface area contributed by atoms with Crippen molar-refractivity contribution in [3.8, 4) is 5.75 Å². The molecule has 1 aromatic carbocycles. The van der Waals surface area contributed by atoms with Crippen LogP contribution in [0.1, 0.15) is 24.2 Å². The third kappa shape index (κ3) is 6.17. The number of carbonyl (C=O) groups excluding carboxylic acids is 1. The molecule has 0 atom stereocenters. The van der Waals surface area contributed by atoms with E-state index in [0.29, 0.717) is 18.1 Å². The molecule has 0 radical (unpaired) electrons. The van der Waals surface area contributed by atoms with Gasteiger partial charge in [0.15, 0.2) is 0 Å². The normalized spacial score (nSPS) is 14.7. The zero-order valence-corrected chi connectivity index (χ0v) is 16.4. The van der Waals surface area contributed by atoms with Gasteiger partial charge in [-0.05, 0) is 38.1 Å². The standard InChI is InChI=1S/C20H27N5O3/c1-15(2)28-18-5-3-17(4-6-18)24-20-22-13-16(14-23-20)19(26)21-7-8-25-9-11-27-12-10-25/h3-6,13-15H,7-12H2,1-2H3,(H,21,26)(H,22,23,24). The van der Waals surface area contributed by atoms with Crippen molar-refractivity contribution in [1.82, 2.24) is 20.2 Å². The van der Waals surface area contributed by atoms with E-state index in [1.165, 1.54) is 12.4 Å². The van der Waals surface area contributed by atoms with Gasteiger partial charge in [0.1, 0.15) is 5.75 Å². The third-order valence-electron chi connectivity index (χ3n) is 4.21. The molecule has 2 heterocycles. The summed E-state index contributed by atoms with van der Waals surface area (Å²) in [5.41, 5.74) is 1.28. The van der Waals surface area contributed by atoms with Crippen LogP contribution >= 0.6 is 0 Å². The number of nitrogens with one attached hydrogen (secondary N) is 2. The highest BCUT2D eigenvalue weighted by atomic mass is 16.5. The maximum Gasteiger partial charge on any atom is 0.254 e. The van der Waals surface area contributed by atoms with Crippen LogP contribution in [0.2, 0.25) is 0 Å². The zero-order valence-electron chi connectivity index (χ0n) is 16.4. The Morgan fingerprint density at radius 1 is 1.18 bits per heavy atom. The quantitative estimate of drug-likeness (QED) is 0.719. The van der Waals surface area contributed by atoms with Crippen molar-refractivity contribution in [2.45, 2.75) is 20.0 Å². The van der Waals surface area contributed by atoms with E-state index in [4.69, 9.17) is 9.47 Å². The lowest BCUT2D eigenvalue weighted by Crippen LogP contribution is -2.41. The van der Waals surface area contributed by atoms with Gasteiger partial charge in [-0.25, -0.2) is 9.97 Å². The van der Waals surface area contributed by atoms with Crippen LogP contribution in [0.25, 0.3) is 0 Å². The van der Waals surface area contributed by atoms with Gasteiger partial charge in [-0.1, -0.05) is 0 Å². The number of morpholine rings is 1. The van der Waals surface area contributed by atoms with Crippen LogP contribution in [-0.2, 0) is 4.74 Å². The minimum Gasteiger partial charge on any atom is -0.491 e. The summed E-state index contributed by atoms with van der Waals surface area (Å²) in [6, 6.07) is 7.57. The Kier molecular flexibility index (Phi) is 7.16. The molecular formula is C20H27N5O3. The molecule has 8 heteroatoms. The number of hydrogen-bond acceptors (Lipinski definition) is 7. The van der Waals surface area contributed by atoms with Gasteiger partial charge in [0.25, 0.3) is 5.91 Å².